The van der Waals surface area contributed by atoms with Gasteiger partial charge in [0.05, 0.1) is 11.0 Å². The van der Waals surface area contributed by atoms with Crippen LogP contribution in [0.1, 0.15) is 62.1 Å². The van der Waals surface area contributed by atoms with E-state index in [1.807, 2.05) is 46.1 Å². The number of carbonyl (C=O) groups excluding carboxylic acids is 2. The van der Waals surface area contributed by atoms with E-state index in [9.17, 15) is 14.4 Å². The van der Waals surface area contributed by atoms with Gasteiger partial charge in [0.15, 0.2) is 11.8 Å². The van der Waals surface area contributed by atoms with Crippen molar-refractivity contribution in [3.63, 3.8) is 0 Å². The molecule has 2 aromatic carbocycles. The smallest absolute Gasteiger partial charge is 0.410 e. The maximum atomic E-state index is 14.0. The van der Waals surface area contributed by atoms with Crippen molar-refractivity contribution in [1.82, 2.24) is 29.8 Å². The van der Waals surface area contributed by atoms with Crippen LogP contribution in [-0.4, -0.2) is 87.7 Å². The molecule has 0 radical (unpaired) electrons. The molecule has 3 aromatic rings. The van der Waals surface area contributed by atoms with Gasteiger partial charge in [0.1, 0.15) is 5.69 Å². The third kappa shape index (κ3) is 6.18. The molecule has 0 bridgehead atoms. The zero-order valence-corrected chi connectivity index (χ0v) is 26.1. The molecule has 1 aromatic heterocycles. The van der Waals surface area contributed by atoms with Crippen molar-refractivity contribution < 1.29 is 19.8 Å². The van der Waals surface area contributed by atoms with Crippen LogP contribution in [0.25, 0.3) is 11.0 Å². The number of nitrogens with one attached hydrogen (secondary N) is 3. The van der Waals surface area contributed by atoms with Gasteiger partial charge in [-0.05, 0) is 81.8 Å². The van der Waals surface area contributed by atoms with Gasteiger partial charge in [-0.2, -0.15) is 0 Å². The molecule has 1 atom stereocenters. The van der Waals surface area contributed by atoms with Gasteiger partial charge >= 0.3 is 11.8 Å². The highest BCUT2D eigenvalue weighted by molar-refractivity contribution is 5.84. The summed E-state index contributed by atoms with van der Waals surface area (Å²) in [5, 5.41) is 0. The molecule has 1 unspecified atom stereocenters. The molecule has 2 amide bonds. The van der Waals surface area contributed by atoms with Crippen molar-refractivity contribution >= 4 is 34.4 Å². The molecular formula is C33H45N8O4+. The Labute approximate surface area is 263 Å². The number of para-hydroxylation sites is 2. The number of piperidine rings is 3. The Hall–Kier alpha value is -3.87. The number of hydrogen-bond donors (Lipinski definition) is 4. The lowest BCUT2D eigenvalue weighted by Crippen LogP contribution is -2.86. The number of amides is 2. The number of ether oxygens (including phenoxy) is 1. The summed E-state index contributed by atoms with van der Waals surface area (Å²) in [6, 6.07) is 12.3. The number of aryl methyl sites for hydroxylation is 1. The van der Waals surface area contributed by atoms with Crippen LogP contribution in [0.5, 0.6) is 0 Å². The lowest BCUT2D eigenvalue weighted by molar-refractivity contribution is -0.620. The molecule has 45 heavy (non-hydrogen) atoms. The van der Waals surface area contributed by atoms with Crippen molar-refractivity contribution in [1.29, 1.82) is 0 Å². The number of benzene rings is 2. The van der Waals surface area contributed by atoms with Crippen molar-refractivity contribution in [3.05, 3.63) is 58.0 Å². The molecule has 12 nitrogen and oxygen atoms in total. The maximum Gasteiger partial charge on any atom is 0.410 e. The maximum absolute atomic E-state index is 14.0. The first-order chi connectivity index (χ1) is 21.9. The highest BCUT2D eigenvalue weighted by Crippen LogP contribution is 2.29. The molecule has 4 aliphatic rings. The number of anilines is 1. The van der Waals surface area contributed by atoms with Crippen LogP contribution in [0, 0.1) is 6.92 Å². The molecule has 5 heterocycles. The molecule has 4 aliphatic heterocycles. The van der Waals surface area contributed by atoms with Crippen LogP contribution in [0.4, 0.5) is 16.2 Å². The van der Waals surface area contributed by atoms with Gasteiger partial charge in [-0.25, -0.2) is 15.0 Å². The average Bonchev–Trinajstić information content (AvgIpc) is 3.68. The Morgan fingerprint density at radius 3 is 2.42 bits per heavy atom. The third-order valence-corrected chi connectivity index (χ3v) is 10.2. The second kappa shape index (κ2) is 12.9. The minimum absolute atomic E-state index is 0.0100. The summed E-state index contributed by atoms with van der Waals surface area (Å²) in [4.78, 5) is 49.5. The number of fused-ring (bicyclic) bond motifs is 2. The molecule has 7 rings (SSSR count). The normalized spacial score (nSPS) is 20.6. The van der Waals surface area contributed by atoms with Crippen molar-refractivity contribution in [2.75, 3.05) is 44.7 Å². The zero-order chi connectivity index (χ0) is 30.9. The van der Waals surface area contributed by atoms with Crippen molar-refractivity contribution in [2.45, 2.75) is 76.5 Å². The number of quaternary nitrogens is 1. The molecule has 12 heteroatoms. The fourth-order valence-electron chi connectivity index (χ4n) is 7.75. The van der Waals surface area contributed by atoms with E-state index < -0.39 is 12.2 Å². The van der Waals surface area contributed by atoms with Crippen molar-refractivity contribution in [2.24, 2.45) is 0 Å². The molecule has 5 N–H and O–H groups in total. The molecule has 0 aliphatic carbocycles. The number of imidazole rings is 1. The summed E-state index contributed by atoms with van der Waals surface area (Å²) in [6.07, 6.45) is 5.97. The molecule has 0 saturated carbocycles. The lowest BCUT2D eigenvalue weighted by atomic mass is 9.98. The van der Waals surface area contributed by atoms with Gasteiger partial charge < -0.3 is 24.4 Å². The fourth-order valence-corrected chi connectivity index (χ4v) is 7.75. The number of H-pyrrole nitrogens is 1. The fraction of sp³-hybridized carbons (Fsp3) is 0.545. The first kappa shape index (κ1) is 29.8. The van der Waals surface area contributed by atoms with E-state index in [1.54, 1.807) is 4.90 Å². The van der Waals surface area contributed by atoms with Gasteiger partial charge in [0.2, 0.25) is 0 Å². The van der Waals surface area contributed by atoms with Crippen LogP contribution in [0.2, 0.25) is 0 Å². The highest BCUT2D eigenvalue weighted by atomic mass is 16.6. The van der Waals surface area contributed by atoms with E-state index in [0.29, 0.717) is 51.5 Å². The Bertz CT molecular complexity index is 1600. The number of aromatic nitrogens is 2. The van der Waals surface area contributed by atoms with Crippen LogP contribution >= 0.6 is 0 Å². The van der Waals surface area contributed by atoms with Crippen LogP contribution < -0.4 is 22.1 Å². The molecule has 0 spiro atoms. The average molecular weight is 618 g/mol. The first-order valence-electron chi connectivity index (χ1n) is 16.6. The minimum atomic E-state index is -0.905. The predicted octanol–water partition coefficient (Wildman–Crippen LogP) is 2.54. The standard InChI is InChI=1S/C33H44N8O4/c1-22-19-23(20-27-30(22)36-37-35-27)21-29(31(42)39-15-9-24(10-16-39)38-13-5-2-6-14-38)45-33(44)40-17-11-25(12-18-40)41-28-8-4-3-7-26(28)34-32(41)43/h3-4,7-8,19-20,24-25,29,35-37H,2,5-6,9-18,21H2,1H3,(H,34,43)/p+1. The Balaban J connectivity index is 1.03. The topological polar surface area (TPSA) is 132 Å². The summed E-state index contributed by atoms with van der Waals surface area (Å²) in [5.41, 5.74) is 13.8. The first-order valence-corrected chi connectivity index (χ1v) is 16.6. The van der Waals surface area contributed by atoms with Gasteiger partial charge in [-0.3, -0.25) is 14.8 Å². The molecule has 3 saturated heterocycles. The van der Waals surface area contributed by atoms with E-state index >= 15 is 0 Å². The van der Waals surface area contributed by atoms with Gasteiger partial charge in [0.25, 0.3) is 5.91 Å². The number of carbonyl (C=O) groups is 2. The second-order valence-corrected chi connectivity index (χ2v) is 13.1. The number of likely N-dealkylation sites (tertiary alicyclic amines) is 3. The number of hydrazine groups is 1. The number of rotatable bonds is 6. The summed E-state index contributed by atoms with van der Waals surface area (Å²) in [7, 11) is 0. The van der Waals surface area contributed by atoms with E-state index in [0.717, 1.165) is 59.5 Å². The Morgan fingerprint density at radius 2 is 1.64 bits per heavy atom. The van der Waals surface area contributed by atoms with Crippen LogP contribution in [-0.2, 0) is 16.0 Å². The lowest BCUT2D eigenvalue weighted by Gasteiger charge is -2.41. The number of hydrogen-bond acceptors (Lipinski definition) is 7. The highest BCUT2D eigenvalue weighted by Gasteiger charge is 2.35. The number of aromatic amines is 1. The van der Waals surface area contributed by atoms with Gasteiger partial charge in [-0.15, -0.1) is 0 Å². The van der Waals surface area contributed by atoms with E-state index in [2.05, 4.69) is 33.0 Å². The van der Waals surface area contributed by atoms with Crippen LogP contribution in [0.15, 0.2) is 41.2 Å². The van der Waals surface area contributed by atoms with E-state index in [-0.39, 0.29) is 17.6 Å². The zero-order valence-electron chi connectivity index (χ0n) is 26.1. The summed E-state index contributed by atoms with van der Waals surface area (Å²) in [6.45, 7) is 6.64. The summed E-state index contributed by atoms with van der Waals surface area (Å²) >= 11 is 0. The summed E-state index contributed by atoms with van der Waals surface area (Å²) < 4.78 is 7.91. The van der Waals surface area contributed by atoms with Gasteiger partial charge in [-0.1, -0.05) is 30.2 Å². The predicted molar refractivity (Wildman–Crippen MR) is 171 cm³/mol. The minimum Gasteiger partial charge on any atom is -0.436 e. The van der Waals surface area contributed by atoms with E-state index in [4.69, 9.17) is 4.74 Å². The SMILES string of the molecule is Cc1cc(CC(OC(=O)N2CCC(n3c(=O)[nH]c4ccccc43)CC2)C(=O)N2CCC(N3CCCCC3)CC2)cc2c1NN[NH2+]2. The monoisotopic (exact) mass is 617 g/mol. The molecule has 240 valence electrons. The Kier molecular flexibility index (Phi) is 8.52. The van der Waals surface area contributed by atoms with Gasteiger partial charge in [0, 0.05) is 50.7 Å². The number of nitrogens with zero attached hydrogens (tertiary/aromatic N) is 4. The summed E-state index contributed by atoms with van der Waals surface area (Å²) in [5.74, 6) is -0.112. The molecular weight excluding hydrogens is 572 g/mol. The quantitative estimate of drug-likeness (QED) is 0.247. The number of nitrogens with two attached hydrogens (primary N) is 1. The van der Waals surface area contributed by atoms with E-state index in [1.165, 1.54) is 19.3 Å². The van der Waals surface area contributed by atoms with Crippen LogP contribution in [0.3, 0.4) is 0 Å². The van der Waals surface area contributed by atoms with Crippen molar-refractivity contribution in [3.8, 4) is 0 Å². The third-order valence-electron chi connectivity index (χ3n) is 10.2. The largest absolute Gasteiger partial charge is 0.436 e. The molecule has 3 fully saturated rings. The Morgan fingerprint density at radius 1 is 0.933 bits per heavy atom. The second-order valence-electron chi connectivity index (χ2n) is 13.1.